The van der Waals surface area contributed by atoms with Gasteiger partial charge in [0.05, 0.1) is 0 Å². The summed E-state index contributed by atoms with van der Waals surface area (Å²) >= 11 is 0. The third-order valence-corrected chi connectivity index (χ3v) is 2.32. The molecule has 5 nitrogen and oxygen atoms in total. The summed E-state index contributed by atoms with van der Waals surface area (Å²) in [5, 5.41) is 5.08. The molecule has 0 heterocycles. The second-order valence-electron chi connectivity index (χ2n) is 3.64. The summed E-state index contributed by atoms with van der Waals surface area (Å²) in [6.07, 6.45) is 2.29. The number of nitrogens with one attached hydrogen (secondary N) is 2. The Morgan fingerprint density at radius 2 is 2.07 bits per heavy atom. The molecule has 1 aliphatic carbocycles. The molecule has 1 atom stereocenters. The molecule has 0 aromatic carbocycles. The van der Waals surface area contributed by atoms with Crippen LogP contribution in [0.5, 0.6) is 0 Å². The van der Waals surface area contributed by atoms with Gasteiger partial charge in [0.2, 0.25) is 0 Å². The standard InChI is InChI=1S/C9H17N3O2/c1-6(7-2-3-7)12-9(14)8(13)11-5-4-10/h6-7H,2-5,10H2,1H3,(H,11,13)(H,12,14). The molecule has 0 spiro atoms. The molecule has 1 fully saturated rings. The molecule has 2 amide bonds. The number of carbonyl (C=O) groups excluding carboxylic acids is 2. The fourth-order valence-electron chi connectivity index (χ4n) is 1.25. The third-order valence-electron chi connectivity index (χ3n) is 2.32. The van der Waals surface area contributed by atoms with Crippen LogP contribution in [0.15, 0.2) is 0 Å². The summed E-state index contributed by atoms with van der Waals surface area (Å²) in [5.74, 6) is -0.595. The lowest BCUT2D eigenvalue weighted by Crippen LogP contribution is -2.45. The zero-order valence-electron chi connectivity index (χ0n) is 8.38. The maximum Gasteiger partial charge on any atom is 0.309 e. The number of nitrogens with two attached hydrogens (primary N) is 1. The first-order valence-electron chi connectivity index (χ1n) is 4.94. The summed E-state index contributed by atoms with van der Waals surface area (Å²) in [6, 6.07) is 0.103. The van der Waals surface area contributed by atoms with Gasteiger partial charge in [0.15, 0.2) is 0 Å². The van der Waals surface area contributed by atoms with E-state index >= 15 is 0 Å². The number of hydrogen-bond acceptors (Lipinski definition) is 3. The molecular weight excluding hydrogens is 182 g/mol. The lowest BCUT2D eigenvalue weighted by atomic mass is 10.2. The van der Waals surface area contributed by atoms with Crippen molar-refractivity contribution in [2.24, 2.45) is 11.7 Å². The Hall–Kier alpha value is -1.10. The minimum absolute atomic E-state index is 0.103. The highest BCUT2D eigenvalue weighted by atomic mass is 16.2. The SMILES string of the molecule is CC(NC(=O)C(=O)NCCN)C1CC1. The highest BCUT2D eigenvalue weighted by Gasteiger charge is 2.30. The van der Waals surface area contributed by atoms with E-state index in [-0.39, 0.29) is 6.04 Å². The summed E-state index contributed by atoms with van der Waals surface area (Å²) in [7, 11) is 0. The van der Waals surface area contributed by atoms with Crippen LogP contribution in [-0.2, 0) is 9.59 Å². The van der Waals surface area contributed by atoms with Gasteiger partial charge in [-0.15, -0.1) is 0 Å². The molecule has 0 radical (unpaired) electrons. The Morgan fingerprint density at radius 3 is 2.57 bits per heavy atom. The number of amides is 2. The van der Waals surface area contributed by atoms with E-state index in [0.717, 1.165) is 12.8 Å². The second-order valence-corrected chi connectivity index (χ2v) is 3.64. The third kappa shape index (κ3) is 3.33. The molecule has 1 rings (SSSR count). The van der Waals surface area contributed by atoms with Crippen molar-refractivity contribution in [3.63, 3.8) is 0 Å². The maximum atomic E-state index is 11.2. The number of carbonyl (C=O) groups is 2. The molecule has 14 heavy (non-hydrogen) atoms. The van der Waals surface area contributed by atoms with Gasteiger partial charge >= 0.3 is 11.8 Å². The molecular formula is C9H17N3O2. The number of rotatable bonds is 4. The van der Waals surface area contributed by atoms with Crippen LogP contribution in [0.2, 0.25) is 0 Å². The van der Waals surface area contributed by atoms with Crippen LogP contribution in [-0.4, -0.2) is 30.9 Å². The highest BCUT2D eigenvalue weighted by molar-refractivity contribution is 6.35. The van der Waals surface area contributed by atoms with E-state index in [0.29, 0.717) is 19.0 Å². The van der Waals surface area contributed by atoms with Gasteiger partial charge in [-0.2, -0.15) is 0 Å². The summed E-state index contributed by atoms with van der Waals surface area (Å²) in [6.45, 7) is 2.60. The fourth-order valence-corrected chi connectivity index (χ4v) is 1.25. The summed E-state index contributed by atoms with van der Waals surface area (Å²) in [5.41, 5.74) is 5.19. The Balaban J connectivity index is 2.22. The van der Waals surface area contributed by atoms with Crippen LogP contribution in [0, 0.1) is 5.92 Å². The first kappa shape index (κ1) is 11.0. The predicted molar refractivity (Wildman–Crippen MR) is 52.4 cm³/mol. The average molecular weight is 199 g/mol. The van der Waals surface area contributed by atoms with E-state index in [1.807, 2.05) is 6.92 Å². The molecule has 5 heteroatoms. The zero-order chi connectivity index (χ0) is 10.6. The van der Waals surface area contributed by atoms with Gasteiger partial charge in [0.25, 0.3) is 0 Å². The van der Waals surface area contributed by atoms with Crippen LogP contribution in [0.25, 0.3) is 0 Å². The van der Waals surface area contributed by atoms with Crippen molar-refractivity contribution in [1.29, 1.82) is 0 Å². The lowest BCUT2D eigenvalue weighted by Gasteiger charge is -2.11. The molecule has 1 saturated carbocycles. The predicted octanol–water partition coefficient (Wildman–Crippen LogP) is -1.02. The van der Waals surface area contributed by atoms with Crippen LogP contribution >= 0.6 is 0 Å². The minimum Gasteiger partial charge on any atom is -0.347 e. The lowest BCUT2D eigenvalue weighted by molar-refractivity contribution is -0.139. The van der Waals surface area contributed by atoms with E-state index in [4.69, 9.17) is 5.73 Å². The highest BCUT2D eigenvalue weighted by Crippen LogP contribution is 2.32. The average Bonchev–Trinajstić information content (AvgIpc) is 2.96. The van der Waals surface area contributed by atoms with E-state index in [1.165, 1.54) is 0 Å². The molecule has 0 aromatic rings. The van der Waals surface area contributed by atoms with Crippen LogP contribution in [0.1, 0.15) is 19.8 Å². The van der Waals surface area contributed by atoms with Crippen molar-refractivity contribution in [1.82, 2.24) is 10.6 Å². The quantitative estimate of drug-likeness (QED) is 0.506. The van der Waals surface area contributed by atoms with Crippen molar-refractivity contribution in [3.8, 4) is 0 Å². The van der Waals surface area contributed by atoms with E-state index in [1.54, 1.807) is 0 Å². The second kappa shape index (κ2) is 4.95. The smallest absolute Gasteiger partial charge is 0.309 e. The molecule has 0 aliphatic heterocycles. The van der Waals surface area contributed by atoms with Crippen LogP contribution < -0.4 is 16.4 Å². The van der Waals surface area contributed by atoms with Crippen molar-refractivity contribution in [2.75, 3.05) is 13.1 Å². The monoisotopic (exact) mass is 199 g/mol. The molecule has 80 valence electrons. The van der Waals surface area contributed by atoms with Gasteiger partial charge < -0.3 is 16.4 Å². The molecule has 0 aromatic heterocycles. The molecule has 1 unspecified atom stereocenters. The van der Waals surface area contributed by atoms with E-state index in [2.05, 4.69) is 10.6 Å². The Morgan fingerprint density at radius 1 is 1.43 bits per heavy atom. The van der Waals surface area contributed by atoms with E-state index < -0.39 is 11.8 Å². The Kier molecular flexibility index (Phi) is 3.88. The molecule has 0 saturated heterocycles. The minimum atomic E-state index is -0.594. The van der Waals surface area contributed by atoms with Crippen molar-refractivity contribution in [3.05, 3.63) is 0 Å². The van der Waals surface area contributed by atoms with Crippen molar-refractivity contribution < 1.29 is 9.59 Å². The topological polar surface area (TPSA) is 84.2 Å². The van der Waals surface area contributed by atoms with Gasteiger partial charge in [0.1, 0.15) is 0 Å². The van der Waals surface area contributed by atoms with Crippen LogP contribution in [0.3, 0.4) is 0 Å². The maximum absolute atomic E-state index is 11.2. The van der Waals surface area contributed by atoms with Crippen LogP contribution in [0.4, 0.5) is 0 Å². The largest absolute Gasteiger partial charge is 0.347 e. The van der Waals surface area contributed by atoms with Gasteiger partial charge in [-0.05, 0) is 25.7 Å². The van der Waals surface area contributed by atoms with E-state index in [9.17, 15) is 9.59 Å². The van der Waals surface area contributed by atoms with Gasteiger partial charge in [0, 0.05) is 19.1 Å². The Bertz CT molecular complexity index is 226. The Labute approximate surface area is 83.4 Å². The fraction of sp³-hybridized carbons (Fsp3) is 0.778. The first-order chi connectivity index (χ1) is 6.65. The van der Waals surface area contributed by atoms with Crippen molar-refractivity contribution >= 4 is 11.8 Å². The van der Waals surface area contributed by atoms with Gasteiger partial charge in [-0.25, -0.2) is 0 Å². The van der Waals surface area contributed by atoms with Gasteiger partial charge in [-0.3, -0.25) is 9.59 Å². The van der Waals surface area contributed by atoms with Gasteiger partial charge in [-0.1, -0.05) is 0 Å². The molecule has 1 aliphatic rings. The normalized spacial score (nSPS) is 17.3. The van der Waals surface area contributed by atoms with Crippen molar-refractivity contribution in [2.45, 2.75) is 25.8 Å². The summed E-state index contributed by atoms with van der Waals surface area (Å²) in [4.78, 5) is 22.3. The molecule has 0 bridgehead atoms. The first-order valence-corrected chi connectivity index (χ1v) is 4.94. The number of hydrogen-bond donors (Lipinski definition) is 3. The zero-order valence-corrected chi connectivity index (χ0v) is 8.38. The molecule has 4 N–H and O–H groups in total. The summed E-state index contributed by atoms with van der Waals surface area (Å²) < 4.78 is 0.